The van der Waals surface area contributed by atoms with Crippen molar-refractivity contribution < 1.29 is 17.9 Å². The van der Waals surface area contributed by atoms with Crippen molar-refractivity contribution in [3.63, 3.8) is 0 Å². The Labute approximate surface area is 182 Å². The lowest BCUT2D eigenvalue weighted by Crippen LogP contribution is -2.32. The van der Waals surface area contributed by atoms with Gasteiger partial charge in [-0.3, -0.25) is 9.10 Å². The van der Waals surface area contributed by atoms with Gasteiger partial charge in [-0.25, -0.2) is 8.42 Å². The van der Waals surface area contributed by atoms with Crippen molar-refractivity contribution >= 4 is 21.6 Å². The number of carbonyl (C=O) groups is 1. The zero-order chi connectivity index (χ0) is 22.0. The first kappa shape index (κ1) is 20.9. The van der Waals surface area contributed by atoms with E-state index in [-0.39, 0.29) is 16.8 Å². The van der Waals surface area contributed by atoms with Crippen molar-refractivity contribution in [2.75, 3.05) is 18.0 Å². The number of aryl methyl sites for hydroxylation is 1. The van der Waals surface area contributed by atoms with E-state index < -0.39 is 10.0 Å². The van der Waals surface area contributed by atoms with Crippen LogP contribution in [0.3, 0.4) is 0 Å². The number of carbonyl (C=O) groups excluding carboxylic acids is 1. The number of benzene rings is 3. The van der Waals surface area contributed by atoms with Crippen LogP contribution in [0.25, 0.3) is 0 Å². The van der Waals surface area contributed by atoms with Crippen molar-refractivity contribution in [1.29, 1.82) is 0 Å². The normalized spacial score (nSPS) is 15.5. The summed E-state index contributed by atoms with van der Waals surface area (Å²) >= 11 is 0. The molecule has 0 spiro atoms. The molecule has 0 saturated heterocycles. The summed E-state index contributed by atoms with van der Waals surface area (Å²) in [6.45, 7) is 2.45. The molecule has 31 heavy (non-hydrogen) atoms. The first-order valence-electron chi connectivity index (χ1n) is 10.0. The van der Waals surface area contributed by atoms with Gasteiger partial charge >= 0.3 is 0 Å². The van der Waals surface area contributed by atoms with Gasteiger partial charge in [0.05, 0.1) is 23.2 Å². The molecule has 3 aromatic rings. The lowest BCUT2D eigenvalue weighted by Gasteiger charge is -2.26. The summed E-state index contributed by atoms with van der Waals surface area (Å²) in [6.07, 6.45) is 0.650. The Morgan fingerprint density at radius 3 is 2.55 bits per heavy atom. The number of anilines is 1. The number of nitrogens with zero attached hydrogens (tertiary/aromatic N) is 1. The molecular weight excluding hydrogens is 412 g/mol. The topological polar surface area (TPSA) is 75.7 Å². The van der Waals surface area contributed by atoms with Crippen molar-refractivity contribution in [2.45, 2.75) is 24.3 Å². The van der Waals surface area contributed by atoms with E-state index in [2.05, 4.69) is 5.32 Å². The third-order valence-corrected chi connectivity index (χ3v) is 7.20. The number of rotatable bonds is 5. The van der Waals surface area contributed by atoms with Crippen LogP contribution in [-0.4, -0.2) is 28.0 Å². The van der Waals surface area contributed by atoms with Crippen LogP contribution in [0.5, 0.6) is 5.75 Å². The maximum Gasteiger partial charge on any atom is 0.264 e. The average Bonchev–Trinajstić information content (AvgIpc) is 2.79. The third kappa shape index (κ3) is 4.27. The van der Waals surface area contributed by atoms with Gasteiger partial charge in [0.25, 0.3) is 15.9 Å². The zero-order valence-corrected chi connectivity index (χ0v) is 18.2. The molecule has 0 aromatic heterocycles. The number of para-hydroxylation sites is 1. The molecule has 0 radical (unpaired) electrons. The number of sulfonamides is 1. The van der Waals surface area contributed by atoms with Crippen LogP contribution in [-0.2, 0) is 10.0 Å². The smallest absolute Gasteiger partial charge is 0.264 e. The standard InChI is InChI=1S/C24H24N2O4S/c1-17-10-12-19(13-11-17)26(2)31(28,29)20-7-5-6-18(16-20)24(27)25-22-14-15-30-23-9-4-3-8-21(22)23/h3-13,16,22H,14-15H2,1-2H3,(H,25,27). The lowest BCUT2D eigenvalue weighted by atomic mass is 10.00. The summed E-state index contributed by atoms with van der Waals surface area (Å²) in [5, 5.41) is 3.01. The fourth-order valence-electron chi connectivity index (χ4n) is 3.58. The molecule has 1 unspecified atom stereocenters. The van der Waals surface area contributed by atoms with E-state index in [0.29, 0.717) is 24.3 Å². The lowest BCUT2D eigenvalue weighted by molar-refractivity contribution is 0.0924. The van der Waals surface area contributed by atoms with Crippen LogP contribution in [0.4, 0.5) is 5.69 Å². The van der Waals surface area contributed by atoms with Gasteiger partial charge in [0.1, 0.15) is 5.75 Å². The van der Waals surface area contributed by atoms with Crippen molar-refractivity contribution in [3.05, 3.63) is 89.5 Å². The second-order valence-corrected chi connectivity index (χ2v) is 9.51. The van der Waals surface area contributed by atoms with Gasteiger partial charge < -0.3 is 10.1 Å². The molecule has 1 heterocycles. The highest BCUT2D eigenvalue weighted by Gasteiger charge is 2.25. The van der Waals surface area contributed by atoms with Gasteiger partial charge in [0.2, 0.25) is 0 Å². The summed E-state index contributed by atoms with van der Waals surface area (Å²) in [6, 6.07) is 20.8. The maximum atomic E-state index is 13.1. The first-order chi connectivity index (χ1) is 14.9. The SMILES string of the molecule is Cc1ccc(N(C)S(=O)(=O)c2cccc(C(=O)NC3CCOc4ccccc43)c2)cc1. The Morgan fingerprint density at radius 1 is 1.03 bits per heavy atom. The zero-order valence-electron chi connectivity index (χ0n) is 17.4. The van der Waals surface area contributed by atoms with Crippen molar-refractivity contribution in [1.82, 2.24) is 5.32 Å². The Bertz CT molecular complexity index is 1210. The molecular formula is C24H24N2O4S. The highest BCUT2D eigenvalue weighted by atomic mass is 32.2. The molecule has 7 heteroatoms. The van der Waals surface area contributed by atoms with Crippen molar-refractivity contribution in [2.24, 2.45) is 0 Å². The minimum absolute atomic E-state index is 0.0654. The van der Waals surface area contributed by atoms with Crippen LogP contribution in [0.1, 0.15) is 33.9 Å². The molecule has 4 rings (SSSR count). The predicted molar refractivity (Wildman–Crippen MR) is 120 cm³/mol. The quantitative estimate of drug-likeness (QED) is 0.654. The van der Waals surface area contributed by atoms with E-state index in [9.17, 15) is 13.2 Å². The molecule has 0 fully saturated rings. The molecule has 0 bridgehead atoms. The fraction of sp³-hybridized carbons (Fsp3) is 0.208. The molecule has 6 nitrogen and oxygen atoms in total. The second-order valence-electron chi connectivity index (χ2n) is 7.54. The van der Waals surface area contributed by atoms with E-state index >= 15 is 0 Å². The van der Waals surface area contributed by atoms with Crippen LogP contribution < -0.4 is 14.4 Å². The summed E-state index contributed by atoms with van der Waals surface area (Å²) in [7, 11) is -2.30. The van der Waals surface area contributed by atoms with Crippen molar-refractivity contribution in [3.8, 4) is 5.75 Å². The largest absolute Gasteiger partial charge is 0.493 e. The number of amides is 1. The summed E-state index contributed by atoms with van der Waals surface area (Å²) in [5.74, 6) is 0.437. The first-order valence-corrected chi connectivity index (χ1v) is 11.5. The van der Waals surface area contributed by atoms with Crippen LogP contribution in [0, 0.1) is 6.92 Å². The Morgan fingerprint density at radius 2 is 1.77 bits per heavy atom. The van der Waals surface area contributed by atoms with Gasteiger partial charge in [-0.2, -0.15) is 0 Å². The molecule has 0 aliphatic carbocycles. The maximum absolute atomic E-state index is 13.1. The number of ether oxygens (including phenoxy) is 1. The number of nitrogens with one attached hydrogen (secondary N) is 1. The van der Waals surface area contributed by atoms with E-state index in [4.69, 9.17) is 4.74 Å². The predicted octanol–water partition coefficient (Wildman–Crippen LogP) is 4.07. The minimum Gasteiger partial charge on any atom is -0.493 e. The Kier molecular flexibility index (Phi) is 5.69. The second kappa shape index (κ2) is 8.43. The third-order valence-electron chi connectivity index (χ3n) is 5.42. The summed E-state index contributed by atoms with van der Waals surface area (Å²) in [5.41, 5.74) is 2.81. The van der Waals surface area contributed by atoms with Gasteiger partial charge in [-0.1, -0.05) is 42.0 Å². The fourth-order valence-corrected chi connectivity index (χ4v) is 4.82. The van der Waals surface area contributed by atoms with Crippen LogP contribution in [0.2, 0.25) is 0 Å². The van der Waals surface area contributed by atoms with E-state index in [1.807, 2.05) is 43.3 Å². The van der Waals surface area contributed by atoms with E-state index in [0.717, 1.165) is 16.9 Å². The monoisotopic (exact) mass is 436 g/mol. The number of hydrogen-bond acceptors (Lipinski definition) is 4. The molecule has 1 aliphatic rings. The molecule has 0 saturated carbocycles. The van der Waals surface area contributed by atoms with Gasteiger partial charge in [-0.05, 0) is 43.3 Å². The molecule has 1 aliphatic heterocycles. The van der Waals surface area contributed by atoms with Gasteiger partial charge in [-0.15, -0.1) is 0 Å². The van der Waals surface area contributed by atoms with Gasteiger partial charge in [0.15, 0.2) is 0 Å². The van der Waals surface area contributed by atoms with E-state index in [1.165, 1.54) is 23.5 Å². The summed E-state index contributed by atoms with van der Waals surface area (Å²) < 4.78 is 33.1. The van der Waals surface area contributed by atoms with E-state index in [1.54, 1.807) is 24.3 Å². The van der Waals surface area contributed by atoms with Gasteiger partial charge in [0, 0.05) is 24.6 Å². The Hall–Kier alpha value is -3.32. The number of fused-ring (bicyclic) bond motifs is 1. The van der Waals surface area contributed by atoms with Crippen LogP contribution in [0.15, 0.2) is 77.7 Å². The molecule has 3 aromatic carbocycles. The molecule has 1 atom stereocenters. The minimum atomic E-state index is -3.81. The highest BCUT2D eigenvalue weighted by molar-refractivity contribution is 7.92. The number of hydrogen-bond donors (Lipinski definition) is 1. The molecule has 160 valence electrons. The average molecular weight is 437 g/mol. The molecule has 1 N–H and O–H groups in total. The highest BCUT2D eigenvalue weighted by Crippen LogP contribution is 2.32. The Balaban J connectivity index is 1.57. The van der Waals surface area contributed by atoms with Crippen LogP contribution >= 0.6 is 0 Å². The summed E-state index contributed by atoms with van der Waals surface area (Å²) in [4.78, 5) is 13.0. The molecule has 1 amide bonds.